The van der Waals surface area contributed by atoms with Crippen molar-refractivity contribution in [3.63, 3.8) is 0 Å². The largest absolute Gasteiger partial charge is 0.454 e. The Bertz CT molecular complexity index is 220. The highest BCUT2D eigenvalue weighted by molar-refractivity contribution is 4.78. The van der Waals surface area contributed by atoms with E-state index in [1.165, 1.54) is 0 Å². The Labute approximate surface area is 98.0 Å². The third-order valence-electron chi connectivity index (χ3n) is 1.95. The van der Waals surface area contributed by atoms with Gasteiger partial charge in [0, 0.05) is 5.54 Å². The molecule has 0 amide bonds. The first kappa shape index (κ1) is 16.6. The molecule has 0 saturated carbocycles. The molecule has 0 aromatic heterocycles. The Balaban J connectivity index is 3.66. The average Bonchev–Trinajstić information content (AvgIpc) is 2.07. The van der Waals surface area contributed by atoms with Crippen molar-refractivity contribution < 1.29 is 22.0 Å². The Hall–Kier alpha value is -0.430. The van der Waals surface area contributed by atoms with Crippen LogP contribution < -0.4 is 10.6 Å². The number of hydrogen-bond donors (Lipinski definition) is 2. The van der Waals surface area contributed by atoms with Gasteiger partial charge in [-0.2, -0.15) is 22.0 Å². The van der Waals surface area contributed by atoms with Crippen LogP contribution in [-0.4, -0.2) is 37.3 Å². The minimum atomic E-state index is -5.48. The average molecular weight is 262 g/mol. The molecule has 0 rings (SSSR count). The van der Waals surface area contributed by atoms with E-state index in [4.69, 9.17) is 0 Å². The highest BCUT2D eigenvalue weighted by atomic mass is 19.4. The van der Waals surface area contributed by atoms with Crippen LogP contribution >= 0.6 is 0 Å². The molecule has 104 valence electrons. The maximum Gasteiger partial charge on any atom is 0.454 e. The molecule has 17 heavy (non-hydrogen) atoms. The van der Waals surface area contributed by atoms with Crippen LogP contribution in [0.2, 0.25) is 0 Å². The van der Waals surface area contributed by atoms with Crippen LogP contribution in [0.25, 0.3) is 0 Å². The molecular weight excluding hydrogens is 243 g/mol. The van der Waals surface area contributed by atoms with E-state index in [9.17, 15) is 22.0 Å². The lowest BCUT2D eigenvalue weighted by atomic mass is 10.1. The van der Waals surface area contributed by atoms with Gasteiger partial charge in [0.1, 0.15) is 0 Å². The van der Waals surface area contributed by atoms with Gasteiger partial charge in [-0.1, -0.05) is 0 Å². The summed E-state index contributed by atoms with van der Waals surface area (Å²) in [4.78, 5) is 0. The van der Waals surface area contributed by atoms with Crippen LogP contribution in [0.5, 0.6) is 0 Å². The summed E-state index contributed by atoms with van der Waals surface area (Å²) in [6.07, 6.45) is -4.99. The summed E-state index contributed by atoms with van der Waals surface area (Å²) in [7, 11) is 0. The molecule has 0 aliphatic carbocycles. The standard InChI is InChI=1S/C10H19F5N2/c1-8(2,3)17-6-4-5-16-7-9(11,12)10(13,14)15/h16-17H,4-7H2,1-3H3. The Kier molecular flexibility index (Phi) is 5.80. The van der Waals surface area contributed by atoms with Crippen molar-refractivity contribution in [1.29, 1.82) is 0 Å². The minimum absolute atomic E-state index is 0.0874. The normalized spacial score (nSPS) is 14.1. The van der Waals surface area contributed by atoms with Gasteiger partial charge in [-0.3, -0.25) is 0 Å². The number of nitrogens with one attached hydrogen (secondary N) is 2. The number of rotatable bonds is 6. The molecule has 0 aliphatic rings. The summed E-state index contributed by atoms with van der Waals surface area (Å²) in [6, 6.07) is 0. The predicted molar refractivity (Wildman–Crippen MR) is 56.2 cm³/mol. The minimum Gasteiger partial charge on any atom is -0.312 e. The monoisotopic (exact) mass is 262 g/mol. The van der Waals surface area contributed by atoms with Gasteiger partial charge in [0.15, 0.2) is 0 Å². The molecule has 0 bridgehead atoms. The molecule has 7 heteroatoms. The second-order valence-corrected chi connectivity index (χ2v) is 4.91. The molecule has 0 aromatic rings. The van der Waals surface area contributed by atoms with E-state index in [2.05, 4.69) is 10.6 Å². The zero-order chi connectivity index (χ0) is 13.7. The molecule has 0 aliphatic heterocycles. The zero-order valence-corrected chi connectivity index (χ0v) is 10.2. The first-order valence-corrected chi connectivity index (χ1v) is 5.36. The van der Waals surface area contributed by atoms with Crippen LogP contribution in [0.3, 0.4) is 0 Å². The quantitative estimate of drug-likeness (QED) is 0.568. The van der Waals surface area contributed by atoms with Crippen molar-refractivity contribution in [1.82, 2.24) is 10.6 Å². The summed E-state index contributed by atoms with van der Waals surface area (Å²) >= 11 is 0. The van der Waals surface area contributed by atoms with Crippen molar-refractivity contribution >= 4 is 0 Å². The van der Waals surface area contributed by atoms with Crippen LogP contribution in [0.1, 0.15) is 27.2 Å². The topological polar surface area (TPSA) is 24.1 Å². The first-order chi connectivity index (χ1) is 7.46. The zero-order valence-electron chi connectivity index (χ0n) is 10.2. The lowest BCUT2D eigenvalue weighted by Crippen LogP contribution is -2.45. The predicted octanol–water partition coefficient (Wildman–Crippen LogP) is 2.55. The van der Waals surface area contributed by atoms with Crippen molar-refractivity contribution in [3.8, 4) is 0 Å². The van der Waals surface area contributed by atoms with E-state index in [1.807, 2.05) is 20.8 Å². The highest BCUT2D eigenvalue weighted by Gasteiger charge is 2.56. The second-order valence-electron chi connectivity index (χ2n) is 4.91. The summed E-state index contributed by atoms with van der Waals surface area (Å²) in [5, 5.41) is 5.21. The Morgan fingerprint density at radius 2 is 1.41 bits per heavy atom. The molecule has 2 nitrogen and oxygen atoms in total. The van der Waals surface area contributed by atoms with E-state index in [1.54, 1.807) is 0 Å². The molecule has 0 heterocycles. The molecule has 0 radical (unpaired) electrons. The second kappa shape index (κ2) is 5.95. The Morgan fingerprint density at radius 3 is 1.82 bits per heavy atom. The van der Waals surface area contributed by atoms with Crippen LogP contribution in [0, 0.1) is 0 Å². The van der Waals surface area contributed by atoms with Gasteiger partial charge >= 0.3 is 12.1 Å². The highest BCUT2D eigenvalue weighted by Crippen LogP contribution is 2.34. The van der Waals surface area contributed by atoms with E-state index >= 15 is 0 Å². The third kappa shape index (κ3) is 7.49. The fraction of sp³-hybridized carbons (Fsp3) is 1.00. The molecule has 2 N–H and O–H groups in total. The number of halogens is 5. The van der Waals surface area contributed by atoms with Crippen molar-refractivity contribution in [3.05, 3.63) is 0 Å². The molecule has 0 unspecified atom stereocenters. The van der Waals surface area contributed by atoms with Gasteiger partial charge in [-0.05, 0) is 40.3 Å². The maximum absolute atomic E-state index is 12.4. The lowest BCUT2D eigenvalue weighted by Gasteiger charge is -2.21. The molecule has 0 fully saturated rings. The maximum atomic E-state index is 12.4. The summed E-state index contributed by atoms with van der Waals surface area (Å²) in [5.74, 6) is -4.66. The van der Waals surface area contributed by atoms with Crippen LogP contribution in [0.4, 0.5) is 22.0 Å². The fourth-order valence-corrected chi connectivity index (χ4v) is 1.02. The summed E-state index contributed by atoms with van der Waals surface area (Å²) in [6.45, 7) is 5.14. The molecule has 0 saturated heterocycles. The van der Waals surface area contributed by atoms with E-state index < -0.39 is 18.6 Å². The van der Waals surface area contributed by atoms with Crippen LogP contribution in [-0.2, 0) is 0 Å². The summed E-state index contributed by atoms with van der Waals surface area (Å²) < 4.78 is 60.1. The first-order valence-electron chi connectivity index (χ1n) is 5.36. The van der Waals surface area contributed by atoms with Gasteiger partial charge in [0.25, 0.3) is 0 Å². The van der Waals surface area contributed by atoms with Crippen molar-refractivity contribution in [2.24, 2.45) is 0 Å². The van der Waals surface area contributed by atoms with Gasteiger partial charge in [-0.15, -0.1) is 0 Å². The van der Waals surface area contributed by atoms with Gasteiger partial charge in [0.05, 0.1) is 6.54 Å². The molecule has 0 atom stereocenters. The van der Waals surface area contributed by atoms with Gasteiger partial charge < -0.3 is 10.6 Å². The van der Waals surface area contributed by atoms with Crippen molar-refractivity contribution in [2.75, 3.05) is 19.6 Å². The number of alkyl halides is 5. The number of hydrogen-bond acceptors (Lipinski definition) is 2. The SMILES string of the molecule is CC(C)(C)NCCCNCC(F)(F)C(F)(F)F. The van der Waals surface area contributed by atoms with Gasteiger partial charge in [0.2, 0.25) is 0 Å². The Morgan fingerprint density at radius 1 is 0.882 bits per heavy atom. The van der Waals surface area contributed by atoms with E-state index in [0.717, 1.165) is 0 Å². The lowest BCUT2D eigenvalue weighted by molar-refractivity contribution is -0.279. The van der Waals surface area contributed by atoms with E-state index in [-0.39, 0.29) is 12.1 Å². The van der Waals surface area contributed by atoms with Crippen molar-refractivity contribution in [2.45, 2.75) is 44.8 Å². The van der Waals surface area contributed by atoms with E-state index in [0.29, 0.717) is 13.0 Å². The summed E-state index contributed by atoms with van der Waals surface area (Å²) in [5.41, 5.74) is -0.0874. The van der Waals surface area contributed by atoms with Crippen LogP contribution in [0.15, 0.2) is 0 Å². The molecule has 0 spiro atoms. The fourth-order valence-electron chi connectivity index (χ4n) is 1.02. The molecule has 0 aromatic carbocycles. The molecular formula is C10H19F5N2. The van der Waals surface area contributed by atoms with Gasteiger partial charge in [-0.25, -0.2) is 0 Å². The smallest absolute Gasteiger partial charge is 0.312 e. The third-order valence-corrected chi connectivity index (χ3v) is 1.95.